The van der Waals surface area contributed by atoms with Crippen molar-refractivity contribution in [2.45, 2.75) is 12.3 Å². The van der Waals surface area contributed by atoms with Crippen molar-refractivity contribution in [3.63, 3.8) is 0 Å². The molecule has 1 aromatic carbocycles. The van der Waals surface area contributed by atoms with Crippen LogP contribution >= 0.6 is 11.6 Å². The fraction of sp³-hybridized carbons (Fsp3) is 0.222. The van der Waals surface area contributed by atoms with Gasteiger partial charge < -0.3 is 4.79 Å². The van der Waals surface area contributed by atoms with Gasteiger partial charge in [-0.25, -0.2) is 0 Å². The average molecular weight is 169 g/mol. The highest BCUT2D eigenvalue weighted by molar-refractivity contribution is 6.17. The molecule has 2 heteroatoms. The molecule has 0 saturated carbocycles. The van der Waals surface area contributed by atoms with Crippen molar-refractivity contribution >= 4 is 17.9 Å². The van der Waals surface area contributed by atoms with Crippen LogP contribution in [-0.2, 0) is 17.1 Å². The number of alkyl halides is 1. The summed E-state index contributed by atoms with van der Waals surface area (Å²) >= 11 is 5.59. The molecule has 11 heavy (non-hydrogen) atoms. The van der Waals surface area contributed by atoms with Gasteiger partial charge in [-0.1, -0.05) is 24.3 Å². The molecule has 1 nitrogen and oxygen atoms in total. The summed E-state index contributed by atoms with van der Waals surface area (Å²) in [5.74, 6) is 0.529. The summed E-state index contributed by atoms with van der Waals surface area (Å²) in [5.41, 5.74) is 2.12. The normalized spacial score (nSPS) is 9.55. The van der Waals surface area contributed by atoms with Gasteiger partial charge in [-0.05, 0) is 11.1 Å². The molecule has 0 atom stereocenters. The fourth-order valence-corrected chi connectivity index (χ4v) is 1.04. The smallest absolute Gasteiger partial charge is 0.124 e. The fourth-order valence-electron chi connectivity index (χ4n) is 0.861. The van der Waals surface area contributed by atoms with E-state index in [1.54, 1.807) is 0 Å². The summed E-state index contributed by atoms with van der Waals surface area (Å²) in [6, 6.07) is 7.72. The highest BCUT2D eigenvalue weighted by Gasteiger charge is 1.91. The summed E-state index contributed by atoms with van der Waals surface area (Å²) in [5, 5.41) is 0. The second-order valence-corrected chi connectivity index (χ2v) is 2.59. The van der Waals surface area contributed by atoms with Gasteiger partial charge in [0, 0.05) is 12.3 Å². The maximum atomic E-state index is 10.1. The Hall–Kier alpha value is -0.820. The first kappa shape index (κ1) is 8.28. The molecule has 0 aromatic heterocycles. The van der Waals surface area contributed by atoms with Gasteiger partial charge in [0.2, 0.25) is 0 Å². The van der Waals surface area contributed by atoms with Crippen LogP contribution in [-0.4, -0.2) is 6.29 Å². The van der Waals surface area contributed by atoms with Crippen molar-refractivity contribution in [2.24, 2.45) is 0 Å². The van der Waals surface area contributed by atoms with Crippen LogP contribution in [0.3, 0.4) is 0 Å². The standard InChI is InChI=1S/C9H9ClO/c10-7-9-3-1-8(2-4-9)5-6-11/h1-4,6H,5,7H2. The number of carbonyl (C=O) groups excluding carboxylic acids is 1. The second kappa shape index (κ2) is 4.14. The van der Waals surface area contributed by atoms with Gasteiger partial charge in [0.05, 0.1) is 0 Å². The van der Waals surface area contributed by atoms with Crippen LogP contribution in [0, 0.1) is 0 Å². The Morgan fingerprint density at radius 3 is 2.18 bits per heavy atom. The lowest BCUT2D eigenvalue weighted by Crippen LogP contribution is -1.85. The summed E-state index contributed by atoms with van der Waals surface area (Å²) in [6.07, 6.45) is 1.39. The zero-order valence-corrected chi connectivity index (χ0v) is 6.84. The van der Waals surface area contributed by atoms with Crippen LogP contribution in [0.1, 0.15) is 11.1 Å². The molecule has 0 fully saturated rings. The zero-order valence-electron chi connectivity index (χ0n) is 6.09. The van der Waals surface area contributed by atoms with E-state index in [9.17, 15) is 4.79 Å². The van der Waals surface area contributed by atoms with Crippen LogP contribution in [0.2, 0.25) is 0 Å². The van der Waals surface area contributed by atoms with Crippen molar-refractivity contribution in [3.05, 3.63) is 35.4 Å². The number of hydrogen-bond acceptors (Lipinski definition) is 1. The Kier molecular flexibility index (Phi) is 3.12. The van der Waals surface area contributed by atoms with E-state index in [0.29, 0.717) is 12.3 Å². The van der Waals surface area contributed by atoms with Crippen molar-refractivity contribution in [1.29, 1.82) is 0 Å². The first-order valence-corrected chi connectivity index (χ1v) is 3.97. The third-order valence-electron chi connectivity index (χ3n) is 1.50. The molecule has 0 aliphatic heterocycles. The van der Waals surface area contributed by atoms with Crippen molar-refractivity contribution in [3.8, 4) is 0 Å². The molecule has 0 radical (unpaired) electrons. The Morgan fingerprint density at radius 2 is 1.73 bits per heavy atom. The predicted octanol–water partition coefficient (Wildman–Crippen LogP) is 2.17. The van der Waals surface area contributed by atoms with Gasteiger partial charge in [-0.15, -0.1) is 11.6 Å². The first-order valence-electron chi connectivity index (χ1n) is 3.44. The number of benzene rings is 1. The SMILES string of the molecule is O=CCc1ccc(CCl)cc1. The highest BCUT2D eigenvalue weighted by Crippen LogP contribution is 2.06. The minimum absolute atomic E-state index is 0.489. The molecule has 1 aromatic rings. The van der Waals surface area contributed by atoms with Crippen LogP contribution in [0.25, 0.3) is 0 Å². The molecular formula is C9H9ClO. The quantitative estimate of drug-likeness (QED) is 0.500. The van der Waals surface area contributed by atoms with E-state index in [2.05, 4.69) is 0 Å². The molecule has 0 aliphatic carbocycles. The summed E-state index contributed by atoms with van der Waals surface area (Å²) in [4.78, 5) is 10.1. The summed E-state index contributed by atoms with van der Waals surface area (Å²) in [6.45, 7) is 0. The molecular weight excluding hydrogens is 160 g/mol. The van der Waals surface area contributed by atoms with E-state index in [1.165, 1.54) is 0 Å². The Balaban J connectivity index is 2.74. The number of aldehydes is 1. The second-order valence-electron chi connectivity index (χ2n) is 2.32. The first-order chi connectivity index (χ1) is 5.36. The van der Waals surface area contributed by atoms with E-state index in [-0.39, 0.29) is 0 Å². The van der Waals surface area contributed by atoms with Crippen LogP contribution in [0.15, 0.2) is 24.3 Å². The van der Waals surface area contributed by atoms with Gasteiger partial charge in [-0.3, -0.25) is 0 Å². The lowest BCUT2D eigenvalue weighted by atomic mass is 10.1. The largest absolute Gasteiger partial charge is 0.303 e. The third-order valence-corrected chi connectivity index (χ3v) is 1.80. The van der Waals surface area contributed by atoms with E-state index >= 15 is 0 Å². The van der Waals surface area contributed by atoms with E-state index in [4.69, 9.17) is 11.6 Å². The molecule has 0 unspecified atom stereocenters. The minimum atomic E-state index is 0.489. The van der Waals surface area contributed by atoms with Crippen LogP contribution in [0.4, 0.5) is 0 Å². The Morgan fingerprint density at radius 1 is 1.18 bits per heavy atom. The molecule has 0 saturated heterocycles. The summed E-state index contributed by atoms with van der Waals surface area (Å²) in [7, 11) is 0. The van der Waals surface area contributed by atoms with Crippen molar-refractivity contribution in [1.82, 2.24) is 0 Å². The average Bonchev–Trinajstić information content (AvgIpc) is 2.07. The lowest BCUT2D eigenvalue weighted by molar-refractivity contribution is -0.107. The highest BCUT2D eigenvalue weighted by atomic mass is 35.5. The molecule has 0 amide bonds. The molecule has 0 N–H and O–H groups in total. The molecule has 58 valence electrons. The van der Waals surface area contributed by atoms with E-state index in [0.717, 1.165) is 17.4 Å². The summed E-state index contributed by atoms with van der Waals surface area (Å²) < 4.78 is 0. The monoisotopic (exact) mass is 168 g/mol. The third kappa shape index (κ3) is 2.35. The number of hydrogen-bond donors (Lipinski definition) is 0. The lowest BCUT2D eigenvalue weighted by Gasteiger charge is -1.96. The topological polar surface area (TPSA) is 17.1 Å². The molecule has 1 rings (SSSR count). The Labute approximate surface area is 71.0 Å². The predicted molar refractivity (Wildman–Crippen MR) is 45.8 cm³/mol. The number of carbonyl (C=O) groups is 1. The van der Waals surface area contributed by atoms with E-state index in [1.807, 2.05) is 24.3 Å². The molecule has 0 spiro atoms. The van der Waals surface area contributed by atoms with Gasteiger partial charge in [0.25, 0.3) is 0 Å². The zero-order chi connectivity index (χ0) is 8.10. The number of halogens is 1. The van der Waals surface area contributed by atoms with Gasteiger partial charge >= 0.3 is 0 Å². The van der Waals surface area contributed by atoms with Crippen molar-refractivity contribution in [2.75, 3.05) is 0 Å². The van der Waals surface area contributed by atoms with Crippen LogP contribution < -0.4 is 0 Å². The maximum Gasteiger partial charge on any atom is 0.124 e. The van der Waals surface area contributed by atoms with Gasteiger partial charge in [-0.2, -0.15) is 0 Å². The van der Waals surface area contributed by atoms with Crippen molar-refractivity contribution < 1.29 is 4.79 Å². The maximum absolute atomic E-state index is 10.1. The number of rotatable bonds is 3. The molecule has 0 bridgehead atoms. The van der Waals surface area contributed by atoms with Gasteiger partial charge in [0.1, 0.15) is 6.29 Å². The van der Waals surface area contributed by atoms with E-state index < -0.39 is 0 Å². The molecule has 0 heterocycles. The van der Waals surface area contributed by atoms with Gasteiger partial charge in [0.15, 0.2) is 0 Å². The van der Waals surface area contributed by atoms with Crippen LogP contribution in [0.5, 0.6) is 0 Å². The minimum Gasteiger partial charge on any atom is -0.303 e. The molecule has 0 aliphatic rings. The Bertz CT molecular complexity index is 228.